The van der Waals surface area contributed by atoms with Gasteiger partial charge in [0.2, 0.25) is 5.91 Å². The first-order chi connectivity index (χ1) is 16.6. The quantitative estimate of drug-likeness (QED) is 0.264. The molecule has 8 nitrogen and oxygen atoms in total. The largest absolute Gasteiger partial charge is 0.378 e. The fourth-order valence-corrected chi connectivity index (χ4v) is 4.25. The monoisotopic (exact) mass is 462 g/mol. The molecule has 0 radical (unpaired) electrons. The predicted octanol–water partition coefficient (Wildman–Crippen LogP) is 4.85. The van der Waals surface area contributed by atoms with E-state index in [9.17, 15) is 14.9 Å². The van der Waals surface area contributed by atoms with Crippen LogP contribution in [0.5, 0.6) is 0 Å². The minimum absolute atomic E-state index is 0.0148. The number of non-ortho nitro benzene ring substituents is 1. The van der Waals surface area contributed by atoms with Gasteiger partial charge in [-0.15, -0.1) is 0 Å². The van der Waals surface area contributed by atoms with E-state index in [1.807, 2.05) is 36.5 Å². The maximum Gasteiger partial charge on any atom is 0.269 e. The molecule has 8 heteroatoms. The third-order valence-corrected chi connectivity index (χ3v) is 6.06. The molecule has 1 heterocycles. The minimum Gasteiger partial charge on any atom is -0.378 e. The summed E-state index contributed by atoms with van der Waals surface area (Å²) in [6.07, 6.45) is 9.24. The molecule has 34 heavy (non-hydrogen) atoms. The Bertz CT molecular complexity index is 1090. The number of nitrogens with one attached hydrogen (secondary N) is 1. The Morgan fingerprint density at radius 1 is 1.09 bits per heavy atom. The topological polar surface area (TPSA) is 99.3 Å². The standard InChI is InChI=1S/C26H30N4O4/c31-25(27-16-7-17-34-24-10-5-2-6-11-24)18-21-19-29(22-8-3-1-4-9-22)28-26(21)20-12-14-23(15-13-20)30(32)33/h1,3-4,8-9,12-15,19,24H,2,5-7,10-11,16-18H2,(H,27,31). The number of hydrogen-bond donors (Lipinski definition) is 1. The number of carbonyl (C=O) groups is 1. The van der Waals surface area contributed by atoms with Crippen molar-refractivity contribution in [2.45, 2.75) is 51.0 Å². The van der Waals surface area contributed by atoms with Crippen molar-refractivity contribution in [2.75, 3.05) is 13.2 Å². The van der Waals surface area contributed by atoms with E-state index in [1.165, 1.54) is 31.4 Å². The number of hydrogen-bond acceptors (Lipinski definition) is 5. The first-order valence-corrected chi connectivity index (χ1v) is 11.9. The van der Waals surface area contributed by atoms with Crippen molar-refractivity contribution in [1.82, 2.24) is 15.1 Å². The van der Waals surface area contributed by atoms with Crippen LogP contribution >= 0.6 is 0 Å². The Labute approximate surface area is 199 Å². The third-order valence-electron chi connectivity index (χ3n) is 6.06. The van der Waals surface area contributed by atoms with Crippen LogP contribution in [0.2, 0.25) is 0 Å². The van der Waals surface area contributed by atoms with Crippen molar-refractivity contribution in [1.29, 1.82) is 0 Å². The molecule has 1 aliphatic carbocycles. The lowest BCUT2D eigenvalue weighted by Crippen LogP contribution is -2.27. The lowest BCUT2D eigenvalue weighted by molar-refractivity contribution is -0.384. The van der Waals surface area contributed by atoms with E-state index in [4.69, 9.17) is 4.74 Å². The molecule has 1 aromatic heterocycles. The molecule has 0 bridgehead atoms. The zero-order valence-electron chi connectivity index (χ0n) is 19.2. The number of carbonyl (C=O) groups excluding carboxylic acids is 1. The molecular formula is C26H30N4O4. The normalized spacial score (nSPS) is 14.1. The lowest BCUT2D eigenvalue weighted by Gasteiger charge is -2.21. The Kier molecular flexibility index (Phi) is 8.04. The minimum atomic E-state index is -0.432. The summed E-state index contributed by atoms with van der Waals surface area (Å²) < 4.78 is 7.66. The Balaban J connectivity index is 1.40. The molecule has 0 spiro atoms. The highest BCUT2D eigenvalue weighted by Gasteiger charge is 2.17. The van der Waals surface area contributed by atoms with Gasteiger partial charge in [-0.3, -0.25) is 14.9 Å². The van der Waals surface area contributed by atoms with E-state index in [-0.39, 0.29) is 18.0 Å². The third kappa shape index (κ3) is 6.29. The SMILES string of the molecule is O=C(Cc1cn(-c2ccccc2)nc1-c1ccc([N+](=O)[O-])cc1)NCCCOC1CCCCC1. The molecule has 4 rings (SSSR count). The van der Waals surface area contributed by atoms with Crippen molar-refractivity contribution >= 4 is 11.6 Å². The summed E-state index contributed by atoms with van der Waals surface area (Å²) in [6, 6.07) is 15.9. The second kappa shape index (κ2) is 11.6. The van der Waals surface area contributed by atoms with Gasteiger partial charge in [-0.25, -0.2) is 4.68 Å². The van der Waals surface area contributed by atoms with Crippen LogP contribution in [0, 0.1) is 10.1 Å². The smallest absolute Gasteiger partial charge is 0.269 e. The number of aromatic nitrogens is 2. The average molecular weight is 463 g/mol. The van der Waals surface area contributed by atoms with E-state index >= 15 is 0 Å². The van der Waals surface area contributed by atoms with Crippen LogP contribution < -0.4 is 5.32 Å². The van der Waals surface area contributed by atoms with Crippen molar-refractivity contribution in [3.05, 3.63) is 76.5 Å². The van der Waals surface area contributed by atoms with Gasteiger partial charge in [-0.1, -0.05) is 37.5 Å². The van der Waals surface area contributed by atoms with Crippen LogP contribution in [0.1, 0.15) is 44.1 Å². The molecule has 1 amide bonds. The van der Waals surface area contributed by atoms with E-state index in [1.54, 1.807) is 16.8 Å². The number of amides is 1. The summed E-state index contributed by atoms with van der Waals surface area (Å²) in [5, 5.41) is 18.7. The van der Waals surface area contributed by atoms with Crippen LogP contribution in [0.15, 0.2) is 60.8 Å². The average Bonchev–Trinajstić information content (AvgIpc) is 3.28. The van der Waals surface area contributed by atoms with Crippen molar-refractivity contribution in [3.8, 4) is 16.9 Å². The predicted molar refractivity (Wildman–Crippen MR) is 130 cm³/mol. The van der Waals surface area contributed by atoms with Gasteiger partial charge in [0.25, 0.3) is 5.69 Å². The second-order valence-electron chi connectivity index (χ2n) is 8.60. The highest BCUT2D eigenvalue weighted by Crippen LogP contribution is 2.26. The molecule has 2 aromatic carbocycles. The Morgan fingerprint density at radius 2 is 1.82 bits per heavy atom. The molecule has 1 N–H and O–H groups in total. The van der Waals surface area contributed by atoms with Gasteiger partial charge < -0.3 is 10.1 Å². The highest BCUT2D eigenvalue weighted by atomic mass is 16.6. The van der Waals surface area contributed by atoms with Crippen LogP contribution in [0.3, 0.4) is 0 Å². The molecule has 0 unspecified atom stereocenters. The molecule has 1 aliphatic rings. The van der Waals surface area contributed by atoms with E-state index in [0.717, 1.165) is 36.1 Å². The molecule has 1 saturated carbocycles. The first kappa shape index (κ1) is 23.6. The van der Waals surface area contributed by atoms with Gasteiger partial charge >= 0.3 is 0 Å². The van der Waals surface area contributed by atoms with Gasteiger partial charge in [0.05, 0.1) is 28.8 Å². The van der Waals surface area contributed by atoms with Crippen molar-refractivity contribution in [2.24, 2.45) is 0 Å². The van der Waals surface area contributed by atoms with Gasteiger partial charge in [-0.05, 0) is 43.5 Å². The lowest BCUT2D eigenvalue weighted by atomic mass is 9.98. The highest BCUT2D eigenvalue weighted by molar-refractivity contribution is 5.81. The van der Waals surface area contributed by atoms with Crippen LogP contribution in [0.25, 0.3) is 16.9 Å². The zero-order chi connectivity index (χ0) is 23.8. The number of rotatable bonds is 10. The molecule has 178 valence electrons. The van der Waals surface area contributed by atoms with Crippen LogP contribution in [-0.4, -0.2) is 39.9 Å². The van der Waals surface area contributed by atoms with Gasteiger partial charge in [0, 0.05) is 42.6 Å². The Morgan fingerprint density at radius 3 is 2.53 bits per heavy atom. The second-order valence-corrected chi connectivity index (χ2v) is 8.60. The summed E-state index contributed by atoms with van der Waals surface area (Å²) in [4.78, 5) is 23.3. The van der Waals surface area contributed by atoms with E-state index < -0.39 is 4.92 Å². The zero-order valence-corrected chi connectivity index (χ0v) is 19.2. The van der Waals surface area contributed by atoms with Gasteiger partial charge in [0.1, 0.15) is 0 Å². The Hall–Kier alpha value is -3.52. The fraction of sp³-hybridized carbons (Fsp3) is 0.385. The van der Waals surface area contributed by atoms with Crippen LogP contribution in [-0.2, 0) is 16.0 Å². The summed E-state index contributed by atoms with van der Waals surface area (Å²) >= 11 is 0. The summed E-state index contributed by atoms with van der Waals surface area (Å²) in [5.41, 5.74) is 3.00. The maximum atomic E-state index is 12.7. The van der Waals surface area contributed by atoms with Crippen LogP contribution in [0.4, 0.5) is 5.69 Å². The number of nitro groups is 1. The first-order valence-electron chi connectivity index (χ1n) is 11.9. The molecule has 0 atom stereocenters. The molecule has 0 aliphatic heterocycles. The number of nitrogens with zero attached hydrogens (tertiary/aromatic N) is 3. The van der Waals surface area contributed by atoms with Crippen molar-refractivity contribution < 1.29 is 14.5 Å². The maximum absolute atomic E-state index is 12.7. The fourth-order valence-electron chi connectivity index (χ4n) is 4.25. The van der Waals surface area contributed by atoms with Gasteiger partial charge in [0.15, 0.2) is 0 Å². The summed E-state index contributed by atoms with van der Waals surface area (Å²) in [6.45, 7) is 1.22. The summed E-state index contributed by atoms with van der Waals surface area (Å²) in [7, 11) is 0. The van der Waals surface area contributed by atoms with Gasteiger partial charge in [-0.2, -0.15) is 5.10 Å². The summed E-state index contributed by atoms with van der Waals surface area (Å²) in [5.74, 6) is -0.0894. The molecule has 0 saturated heterocycles. The molecule has 3 aromatic rings. The number of benzene rings is 2. The van der Waals surface area contributed by atoms with E-state index in [0.29, 0.717) is 24.9 Å². The molecule has 1 fully saturated rings. The molecular weight excluding hydrogens is 432 g/mol. The van der Waals surface area contributed by atoms with Crippen molar-refractivity contribution in [3.63, 3.8) is 0 Å². The van der Waals surface area contributed by atoms with E-state index in [2.05, 4.69) is 10.4 Å². The number of para-hydroxylation sites is 1. The number of nitro benzene ring substituents is 1. The number of ether oxygens (including phenoxy) is 1.